The molecule has 272 valence electrons. The number of hydrogen-bond acceptors (Lipinski definition) is 2. The Morgan fingerprint density at radius 2 is 1.26 bits per heavy atom. The van der Waals surface area contributed by atoms with Gasteiger partial charge in [-0.2, -0.15) is 0 Å². The summed E-state index contributed by atoms with van der Waals surface area (Å²) in [5.41, 5.74) is 18.1. The van der Waals surface area contributed by atoms with Crippen LogP contribution in [0.15, 0.2) is 180 Å². The van der Waals surface area contributed by atoms with Crippen LogP contribution >= 0.6 is 0 Å². The van der Waals surface area contributed by atoms with E-state index in [0.717, 1.165) is 53.3 Å². The molecule has 12 rings (SSSR count). The predicted molar refractivity (Wildman–Crippen MR) is 238 cm³/mol. The third-order valence-corrected chi connectivity index (χ3v) is 12.7. The van der Waals surface area contributed by atoms with Crippen molar-refractivity contribution >= 4 is 50.3 Å². The van der Waals surface area contributed by atoms with Gasteiger partial charge in [0.2, 0.25) is 0 Å². The number of rotatable bonds is 5. The molecule has 0 amide bonds. The smallest absolute Gasteiger partial charge is 0.159 e. The van der Waals surface area contributed by atoms with E-state index in [1.54, 1.807) is 0 Å². The van der Waals surface area contributed by atoms with E-state index in [9.17, 15) is 0 Å². The highest BCUT2D eigenvalue weighted by molar-refractivity contribution is 6.10. The van der Waals surface area contributed by atoms with E-state index in [0.29, 0.717) is 12.0 Å². The summed E-state index contributed by atoms with van der Waals surface area (Å²) >= 11 is 0. The minimum atomic E-state index is 0.379. The molecule has 0 spiro atoms. The Bertz CT molecular complexity index is 3090. The average molecular weight is 733 g/mol. The lowest BCUT2D eigenvalue weighted by Gasteiger charge is -2.31. The highest BCUT2D eigenvalue weighted by Crippen LogP contribution is 2.51. The second-order valence-corrected chi connectivity index (χ2v) is 15.9. The summed E-state index contributed by atoms with van der Waals surface area (Å²) in [4.78, 5) is 2.64. The molecule has 2 atom stereocenters. The first-order valence-electron chi connectivity index (χ1n) is 20.4. The van der Waals surface area contributed by atoms with Crippen LogP contribution in [0.2, 0.25) is 0 Å². The van der Waals surface area contributed by atoms with Crippen LogP contribution in [-0.2, 0) is 6.42 Å². The molecule has 0 bridgehead atoms. The Hall–Kier alpha value is -6.84. The normalized spacial score (nSPS) is 17.0. The Balaban J connectivity index is 1.05. The number of benzene rings is 7. The number of allylic oxidation sites excluding steroid dienone is 2. The molecule has 0 radical (unpaired) electrons. The molecule has 3 heteroatoms. The standard InChI is InChI=1S/C54H40N2O/c1-3-14-35(15-4-1)37-18-13-19-41(30-37)55-48-23-10-7-20-42(48)44-28-26-38(32-50(44)55)39-27-29-45-43-21-8-11-24-49(43)56(51(45)33-39)52-34-40(36-16-5-2-6-17-36)31-47-46-22-9-12-25-53(46)57-54(47)52/h1-9,12-22,25-34,42,48H,10-11,23-24H2. The zero-order chi connectivity index (χ0) is 37.5. The summed E-state index contributed by atoms with van der Waals surface area (Å²) in [7, 11) is 0. The lowest BCUT2D eigenvalue weighted by atomic mass is 9.87. The summed E-state index contributed by atoms with van der Waals surface area (Å²) in [5.74, 6) is 0.379. The zero-order valence-corrected chi connectivity index (χ0v) is 31.6. The Kier molecular flexibility index (Phi) is 7.31. The lowest BCUT2D eigenvalue weighted by molar-refractivity contribution is 0.565. The van der Waals surface area contributed by atoms with Crippen LogP contribution in [0, 0.1) is 0 Å². The largest absolute Gasteiger partial charge is 0.454 e. The molecular formula is C54H40N2O. The topological polar surface area (TPSA) is 21.3 Å². The van der Waals surface area contributed by atoms with Gasteiger partial charge in [0.1, 0.15) is 5.58 Å². The molecule has 0 saturated heterocycles. The second-order valence-electron chi connectivity index (χ2n) is 15.9. The Labute approximate surface area is 332 Å². The number of nitrogens with zero attached hydrogens (tertiary/aromatic N) is 2. The van der Waals surface area contributed by atoms with Crippen LogP contribution in [0.5, 0.6) is 0 Å². The quantitative estimate of drug-likeness (QED) is 0.164. The van der Waals surface area contributed by atoms with Crippen molar-refractivity contribution in [2.75, 3.05) is 4.90 Å². The van der Waals surface area contributed by atoms with E-state index < -0.39 is 0 Å². The molecule has 57 heavy (non-hydrogen) atoms. The van der Waals surface area contributed by atoms with Gasteiger partial charge in [0.05, 0.1) is 11.2 Å². The van der Waals surface area contributed by atoms with Gasteiger partial charge in [-0.25, -0.2) is 0 Å². The van der Waals surface area contributed by atoms with Gasteiger partial charge in [-0.05, 0) is 107 Å². The maximum atomic E-state index is 6.79. The summed E-state index contributed by atoms with van der Waals surface area (Å²) in [6.45, 7) is 0. The van der Waals surface area contributed by atoms with Crippen molar-refractivity contribution in [1.82, 2.24) is 4.57 Å². The van der Waals surface area contributed by atoms with Crippen molar-refractivity contribution in [3.05, 3.63) is 193 Å². The number of furan rings is 1. The molecule has 7 aromatic carbocycles. The van der Waals surface area contributed by atoms with E-state index in [2.05, 4.69) is 191 Å². The molecule has 2 aromatic heterocycles. The minimum Gasteiger partial charge on any atom is -0.454 e. The number of anilines is 2. The van der Waals surface area contributed by atoms with Crippen molar-refractivity contribution < 1.29 is 4.42 Å². The van der Waals surface area contributed by atoms with Gasteiger partial charge in [0.15, 0.2) is 5.58 Å². The molecule has 3 heterocycles. The Morgan fingerprint density at radius 1 is 0.526 bits per heavy atom. The minimum absolute atomic E-state index is 0.379. The first-order chi connectivity index (χ1) is 28.3. The van der Waals surface area contributed by atoms with Crippen LogP contribution in [0.4, 0.5) is 11.4 Å². The predicted octanol–water partition coefficient (Wildman–Crippen LogP) is 14.4. The average Bonchev–Trinajstić information content (AvgIpc) is 3.94. The molecule has 0 fully saturated rings. The van der Waals surface area contributed by atoms with Gasteiger partial charge in [0.25, 0.3) is 0 Å². The van der Waals surface area contributed by atoms with Gasteiger partial charge < -0.3 is 13.9 Å². The summed E-state index contributed by atoms with van der Waals surface area (Å²) in [6, 6.07) is 58.4. The van der Waals surface area contributed by atoms with Gasteiger partial charge in [0, 0.05) is 50.8 Å². The monoisotopic (exact) mass is 732 g/mol. The maximum Gasteiger partial charge on any atom is 0.159 e. The second kappa shape index (κ2) is 12.9. The van der Waals surface area contributed by atoms with Crippen LogP contribution in [0.1, 0.15) is 42.0 Å². The van der Waals surface area contributed by atoms with E-state index in [1.165, 1.54) is 72.5 Å². The molecule has 2 aliphatic carbocycles. The van der Waals surface area contributed by atoms with Crippen LogP contribution in [-0.4, -0.2) is 10.6 Å². The van der Waals surface area contributed by atoms with Crippen molar-refractivity contribution in [2.45, 2.75) is 37.6 Å². The van der Waals surface area contributed by atoms with E-state index >= 15 is 0 Å². The fourth-order valence-corrected chi connectivity index (χ4v) is 10.1. The van der Waals surface area contributed by atoms with Gasteiger partial charge in [-0.1, -0.05) is 140 Å². The lowest BCUT2D eigenvalue weighted by Crippen LogP contribution is -2.30. The molecule has 2 unspecified atom stereocenters. The molecule has 9 aromatic rings. The molecule has 0 N–H and O–H groups in total. The number of hydrogen-bond donors (Lipinski definition) is 0. The zero-order valence-electron chi connectivity index (χ0n) is 31.6. The molecule has 3 nitrogen and oxygen atoms in total. The van der Waals surface area contributed by atoms with E-state index in [1.807, 2.05) is 0 Å². The third-order valence-electron chi connectivity index (χ3n) is 12.7. The fraction of sp³-hybridized carbons (Fsp3) is 0.111. The van der Waals surface area contributed by atoms with Gasteiger partial charge in [-0.15, -0.1) is 0 Å². The molecule has 0 saturated carbocycles. The maximum absolute atomic E-state index is 6.79. The van der Waals surface area contributed by atoms with Crippen LogP contribution < -0.4 is 4.90 Å². The van der Waals surface area contributed by atoms with Crippen molar-refractivity contribution in [3.63, 3.8) is 0 Å². The van der Waals surface area contributed by atoms with Gasteiger partial charge >= 0.3 is 0 Å². The molecular weight excluding hydrogens is 693 g/mol. The number of aromatic nitrogens is 1. The summed E-state index contributed by atoms with van der Waals surface area (Å²) in [5, 5.41) is 3.56. The van der Waals surface area contributed by atoms with Crippen molar-refractivity contribution in [1.29, 1.82) is 0 Å². The van der Waals surface area contributed by atoms with Crippen molar-refractivity contribution in [3.8, 4) is 39.1 Å². The van der Waals surface area contributed by atoms with Crippen LogP contribution in [0.25, 0.3) is 78.0 Å². The Morgan fingerprint density at radius 3 is 2.14 bits per heavy atom. The van der Waals surface area contributed by atoms with Gasteiger partial charge in [-0.3, -0.25) is 0 Å². The number of fused-ring (bicyclic) bond motifs is 9. The van der Waals surface area contributed by atoms with Crippen LogP contribution in [0.3, 0.4) is 0 Å². The third kappa shape index (κ3) is 5.12. The summed E-state index contributed by atoms with van der Waals surface area (Å²) < 4.78 is 9.31. The highest BCUT2D eigenvalue weighted by atomic mass is 16.3. The summed E-state index contributed by atoms with van der Waals surface area (Å²) in [6.07, 6.45) is 13.7. The fourth-order valence-electron chi connectivity index (χ4n) is 10.1. The first kappa shape index (κ1) is 32.4. The SMILES string of the molecule is C1=Cc2c(n(-c3cc(-c4ccccc4)cc4c3oc3ccccc34)c3cc(-c4ccc5c(c4)N(c4cccc(-c6ccccc6)c4)C4CCC=CC54)ccc23)CC1. The molecule has 1 aliphatic heterocycles. The van der Waals surface area contributed by atoms with E-state index in [-0.39, 0.29) is 0 Å². The number of para-hydroxylation sites is 1. The highest BCUT2D eigenvalue weighted by Gasteiger charge is 2.39. The first-order valence-corrected chi connectivity index (χ1v) is 20.4. The van der Waals surface area contributed by atoms with Crippen molar-refractivity contribution in [2.24, 2.45) is 0 Å². The van der Waals surface area contributed by atoms with E-state index in [4.69, 9.17) is 4.42 Å². The molecule has 3 aliphatic rings.